The molecule has 1 atom stereocenters. The fourth-order valence-electron chi connectivity index (χ4n) is 3.06. The average molecular weight is 386 g/mol. The highest BCUT2D eigenvalue weighted by Gasteiger charge is 2.36. The molecule has 0 fully saturated rings. The number of nitriles is 1. The van der Waals surface area contributed by atoms with Crippen molar-refractivity contribution < 1.29 is 28.5 Å². The molecule has 2 heterocycles. The number of aliphatic hydroxyl groups excluding tert-OH is 1. The van der Waals surface area contributed by atoms with Gasteiger partial charge in [-0.2, -0.15) is 5.26 Å². The summed E-state index contributed by atoms with van der Waals surface area (Å²) < 4.78 is 27.0. The maximum Gasteiger partial charge on any atom is 0.228 e. The lowest BCUT2D eigenvalue weighted by Gasteiger charge is -2.25. The van der Waals surface area contributed by atoms with Gasteiger partial charge in [-0.3, -0.25) is 4.79 Å². The average Bonchev–Trinajstić information content (AvgIpc) is 2.71. The summed E-state index contributed by atoms with van der Waals surface area (Å²) in [7, 11) is 4.38. The Bertz CT molecular complexity index is 1020. The molecule has 1 aromatic heterocycles. The molecule has 9 nitrogen and oxygen atoms in total. The first-order valence-electron chi connectivity index (χ1n) is 8.14. The lowest BCUT2D eigenvalue weighted by molar-refractivity contribution is 0.231. The third-order valence-corrected chi connectivity index (χ3v) is 4.31. The van der Waals surface area contributed by atoms with Crippen LogP contribution < -0.4 is 30.1 Å². The highest BCUT2D eigenvalue weighted by Crippen LogP contribution is 2.46. The van der Waals surface area contributed by atoms with Gasteiger partial charge < -0.3 is 34.2 Å². The molecule has 0 unspecified atom stereocenters. The second-order valence-corrected chi connectivity index (χ2v) is 5.81. The van der Waals surface area contributed by atoms with E-state index in [-0.39, 0.29) is 28.7 Å². The lowest BCUT2D eigenvalue weighted by atomic mass is 9.87. The standard InChI is InChI=1S/C19H18N2O7/c1-24-13-4-9(5-14(25-2)17(13)26-3)15-11(7-20)19(21)28-16-12(23)6-10(8-22)27-18(15)16/h4-6,15,22H,8,21H2,1-3H3/t15-/m0/s1. The van der Waals surface area contributed by atoms with E-state index >= 15 is 0 Å². The molecule has 0 aliphatic carbocycles. The third kappa shape index (κ3) is 3.00. The number of nitrogens with zero attached hydrogens (tertiary/aromatic N) is 1. The first-order chi connectivity index (χ1) is 13.5. The second kappa shape index (κ2) is 7.54. The minimum absolute atomic E-state index is 0.0301. The molecule has 0 bridgehead atoms. The zero-order valence-corrected chi connectivity index (χ0v) is 15.4. The summed E-state index contributed by atoms with van der Waals surface area (Å²) in [5, 5.41) is 19.0. The van der Waals surface area contributed by atoms with Crippen LogP contribution in [0, 0.1) is 11.3 Å². The second-order valence-electron chi connectivity index (χ2n) is 5.81. The predicted molar refractivity (Wildman–Crippen MR) is 96.3 cm³/mol. The molecule has 0 amide bonds. The van der Waals surface area contributed by atoms with Crippen molar-refractivity contribution in [2.24, 2.45) is 5.73 Å². The molecule has 2 aromatic rings. The van der Waals surface area contributed by atoms with Gasteiger partial charge in [0.25, 0.3) is 0 Å². The van der Waals surface area contributed by atoms with Crippen LogP contribution in [-0.4, -0.2) is 26.4 Å². The Hall–Kier alpha value is -3.64. The van der Waals surface area contributed by atoms with Crippen LogP contribution in [0.5, 0.6) is 23.0 Å². The van der Waals surface area contributed by atoms with E-state index in [0.29, 0.717) is 22.8 Å². The summed E-state index contributed by atoms with van der Waals surface area (Å²) in [5.74, 6) is -0.0871. The SMILES string of the molecule is COc1cc([C@H]2C(C#N)=C(N)Oc3c2oc(CO)cc3=O)cc(OC)c1OC. The number of fused-ring (bicyclic) bond motifs is 1. The highest BCUT2D eigenvalue weighted by molar-refractivity contribution is 5.59. The van der Waals surface area contributed by atoms with Crippen molar-refractivity contribution in [3.8, 4) is 29.1 Å². The van der Waals surface area contributed by atoms with Gasteiger partial charge in [-0.05, 0) is 17.7 Å². The molecular formula is C19H18N2O7. The number of hydrogen-bond acceptors (Lipinski definition) is 9. The quantitative estimate of drug-likeness (QED) is 0.780. The number of methoxy groups -OCH3 is 3. The first-order valence-corrected chi connectivity index (χ1v) is 8.14. The van der Waals surface area contributed by atoms with Gasteiger partial charge in [-0.25, -0.2) is 0 Å². The minimum atomic E-state index is -0.873. The maximum atomic E-state index is 12.4. The van der Waals surface area contributed by atoms with Gasteiger partial charge in [0, 0.05) is 6.07 Å². The van der Waals surface area contributed by atoms with E-state index in [1.165, 1.54) is 21.3 Å². The number of nitrogens with two attached hydrogens (primary N) is 1. The number of hydrogen-bond donors (Lipinski definition) is 2. The van der Waals surface area contributed by atoms with Crippen molar-refractivity contribution in [2.75, 3.05) is 21.3 Å². The monoisotopic (exact) mass is 386 g/mol. The molecular weight excluding hydrogens is 368 g/mol. The topological polar surface area (TPSA) is 137 Å². The van der Waals surface area contributed by atoms with Crippen LogP contribution in [-0.2, 0) is 6.61 Å². The molecule has 0 spiro atoms. The fourth-order valence-corrected chi connectivity index (χ4v) is 3.06. The zero-order chi connectivity index (χ0) is 20.4. The minimum Gasteiger partial charge on any atom is -0.493 e. The summed E-state index contributed by atoms with van der Waals surface area (Å²) in [4.78, 5) is 12.4. The first kappa shape index (κ1) is 19.1. The summed E-state index contributed by atoms with van der Waals surface area (Å²) in [6, 6.07) is 6.35. The van der Waals surface area contributed by atoms with Crippen molar-refractivity contribution in [2.45, 2.75) is 12.5 Å². The Kier molecular flexibility index (Phi) is 5.15. The molecule has 0 radical (unpaired) electrons. The Balaban J connectivity index is 2.33. The molecule has 3 rings (SSSR count). The number of rotatable bonds is 5. The molecule has 3 N–H and O–H groups in total. The van der Waals surface area contributed by atoms with Gasteiger partial charge in [0.1, 0.15) is 24.0 Å². The van der Waals surface area contributed by atoms with Crippen LogP contribution in [0.4, 0.5) is 0 Å². The number of allylic oxidation sites excluding steroid dienone is 1. The Labute approximate surface area is 160 Å². The van der Waals surface area contributed by atoms with E-state index in [2.05, 4.69) is 0 Å². The molecule has 1 aliphatic heterocycles. The van der Waals surface area contributed by atoms with Crippen molar-refractivity contribution in [3.05, 3.63) is 57.0 Å². The van der Waals surface area contributed by atoms with E-state index in [1.54, 1.807) is 12.1 Å². The Morgan fingerprint density at radius 3 is 2.32 bits per heavy atom. The van der Waals surface area contributed by atoms with Crippen molar-refractivity contribution in [1.29, 1.82) is 5.26 Å². The van der Waals surface area contributed by atoms with E-state index in [9.17, 15) is 15.2 Å². The molecule has 146 valence electrons. The van der Waals surface area contributed by atoms with Crippen LogP contribution in [0.25, 0.3) is 0 Å². The Morgan fingerprint density at radius 1 is 1.18 bits per heavy atom. The summed E-state index contributed by atoms with van der Waals surface area (Å²) in [6.45, 7) is -0.494. The highest BCUT2D eigenvalue weighted by atomic mass is 16.5. The zero-order valence-electron chi connectivity index (χ0n) is 15.4. The van der Waals surface area contributed by atoms with Gasteiger partial charge in [-0.1, -0.05) is 0 Å². The molecule has 1 aliphatic rings. The molecule has 0 saturated carbocycles. The van der Waals surface area contributed by atoms with E-state index in [4.69, 9.17) is 29.1 Å². The Morgan fingerprint density at radius 2 is 1.82 bits per heavy atom. The summed E-state index contributed by atoms with van der Waals surface area (Å²) in [5.41, 5.74) is 5.90. The normalized spacial score (nSPS) is 15.3. The number of aliphatic hydroxyl groups is 1. The van der Waals surface area contributed by atoms with Crippen LogP contribution in [0.2, 0.25) is 0 Å². The van der Waals surface area contributed by atoms with Gasteiger partial charge in [0.05, 0.1) is 27.2 Å². The fraction of sp³-hybridized carbons (Fsp3) is 0.263. The van der Waals surface area contributed by atoms with E-state index in [1.807, 2.05) is 6.07 Å². The number of ether oxygens (including phenoxy) is 4. The van der Waals surface area contributed by atoms with Crippen LogP contribution in [0.15, 0.2) is 38.9 Å². The van der Waals surface area contributed by atoms with E-state index < -0.39 is 18.0 Å². The summed E-state index contributed by atoms with van der Waals surface area (Å²) in [6.07, 6.45) is 0. The van der Waals surface area contributed by atoms with Gasteiger partial charge in [-0.15, -0.1) is 0 Å². The van der Waals surface area contributed by atoms with Gasteiger partial charge in [0.15, 0.2) is 17.3 Å². The van der Waals surface area contributed by atoms with Gasteiger partial charge >= 0.3 is 0 Å². The number of benzene rings is 1. The molecule has 9 heteroatoms. The largest absolute Gasteiger partial charge is 0.493 e. The van der Waals surface area contributed by atoms with Gasteiger partial charge in [0.2, 0.25) is 22.8 Å². The molecule has 28 heavy (non-hydrogen) atoms. The maximum absolute atomic E-state index is 12.4. The van der Waals surface area contributed by atoms with Crippen molar-refractivity contribution in [1.82, 2.24) is 0 Å². The summed E-state index contributed by atoms with van der Waals surface area (Å²) >= 11 is 0. The van der Waals surface area contributed by atoms with Crippen molar-refractivity contribution >= 4 is 0 Å². The van der Waals surface area contributed by atoms with Crippen LogP contribution in [0.1, 0.15) is 23.0 Å². The van der Waals surface area contributed by atoms with Crippen LogP contribution >= 0.6 is 0 Å². The predicted octanol–water partition coefficient (Wildman–Crippen LogP) is 1.38. The van der Waals surface area contributed by atoms with Crippen LogP contribution in [0.3, 0.4) is 0 Å². The smallest absolute Gasteiger partial charge is 0.228 e. The van der Waals surface area contributed by atoms with E-state index in [0.717, 1.165) is 6.07 Å². The molecule has 0 saturated heterocycles. The lowest BCUT2D eigenvalue weighted by Crippen LogP contribution is -2.25. The van der Waals surface area contributed by atoms with Crippen molar-refractivity contribution in [3.63, 3.8) is 0 Å². The molecule has 1 aromatic carbocycles. The third-order valence-electron chi connectivity index (χ3n) is 4.31.